The van der Waals surface area contributed by atoms with E-state index in [4.69, 9.17) is 21.4 Å². The Morgan fingerprint density at radius 2 is 1.89 bits per heavy atom. The van der Waals surface area contributed by atoms with E-state index >= 15 is 0 Å². The lowest BCUT2D eigenvalue weighted by molar-refractivity contribution is -0.123. The molecule has 0 radical (unpaired) electrons. The van der Waals surface area contributed by atoms with Crippen molar-refractivity contribution >= 4 is 39.9 Å². The first-order valence-corrected chi connectivity index (χ1v) is 8.50. The third-order valence-corrected chi connectivity index (χ3v) is 3.84. The number of carbonyl (C=O) groups excluding carboxylic acids is 1. The number of thiocarbonyl (C=S) groups is 1. The topological polar surface area (TPSA) is 92.6 Å². The number of aryl methyl sites for hydroxylation is 1. The van der Waals surface area contributed by atoms with Crippen molar-refractivity contribution in [1.29, 1.82) is 0 Å². The first-order valence-electron chi connectivity index (χ1n) is 8.09. The number of fused-ring (bicyclic) bond motifs is 1. The largest absolute Gasteiger partial charge is 0.484 e. The van der Waals surface area contributed by atoms with Gasteiger partial charge in [0.05, 0.1) is 0 Å². The highest BCUT2D eigenvalue weighted by molar-refractivity contribution is 7.80. The fraction of sp³-hybridized carbons (Fsp3) is 0.105. The van der Waals surface area contributed by atoms with Gasteiger partial charge < -0.3 is 14.5 Å². The second-order valence-electron chi connectivity index (χ2n) is 5.69. The molecule has 0 saturated carbocycles. The van der Waals surface area contributed by atoms with Gasteiger partial charge in [0.1, 0.15) is 11.3 Å². The highest BCUT2D eigenvalue weighted by atomic mass is 32.1. The van der Waals surface area contributed by atoms with E-state index in [1.165, 1.54) is 6.07 Å². The van der Waals surface area contributed by atoms with Gasteiger partial charge in [-0.25, -0.2) is 4.79 Å². The van der Waals surface area contributed by atoms with Crippen LogP contribution in [0.4, 0.5) is 5.69 Å². The first-order chi connectivity index (χ1) is 13.0. The van der Waals surface area contributed by atoms with Gasteiger partial charge in [-0.05, 0) is 49.0 Å². The lowest BCUT2D eigenvalue weighted by Gasteiger charge is -2.12. The van der Waals surface area contributed by atoms with E-state index < -0.39 is 11.5 Å². The third kappa shape index (κ3) is 5.05. The van der Waals surface area contributed by atoms with Crippen LogP contribution in [0.25, 0.3) is 11.0 Å². The van der Waals surface area contributed by atoms with Crippen LogP contribution in [0.15, 0.2) is 63.8 Å². The SMILES string of the molecule is Cc1cc(=O)oc2cc(OCC(=O)NNC(=S)Nc3ccccc3)ccc12. The van der Waals surface area contributed by atoms with Gasteiger partial charge in [-0.15, -0.1) is 0 Å². The molecule has 8 heteroatoms. The number of rotatable bonds is 4. The van der Waals surface area contributed by atoms with Crippen LogP contribution >= 0.6 is 12.2 Å². The molecular weight excluding hydrogens is 366 g/mol. The summed E-state index contributed by atoms with van der Waals surface area (Å²) in [5.74, 6) is -0.00519. The van der Waals surface area contributed by atoms with Gasteiger partial charge in [-0.1, -0.05) is 18.2 Å². The zero-order chi connectivity index (χ0) is 19.2. The van der Waals surface area contributed by atoms with Crippen molar-refractivity contribution in [3.05, 3.63) is 70.6 Å². The Morgan fingerprint density at radius 1 is 1.11 bits per heavy atom. The van der Waals surface area contributed by atoms with Gasteiger partial charge in [0, 0.05) is 23.2 Å². The normalized spacial score (nSPS) is 10.3. The molecule has 3 aromatic rings. The van der Waals surface area contributed by atoms with Crippen LogP contribution in [0.1, 0.15) is 5.56 Å². The smallest absolute Gasteiger partial charge is 0.336 e. The standard InChI is InChI=1S/C19H17N3O4S/c1-12-9-18(24)26-16-10-14(7-8-15(12)16)25-11-17(23)21-22-19(27)20-13-5-3-2-4-6-13/h2-10H,11H2,1H3,(H,21,23)(H2,20,22,27). The number of carbonyl (C=O) groups is 1. The number of hydrazine groups is 1. The summed E-state index contributed by atoms with van der Waals surface area (Å²) in [6, 6.07) is 15.8. The zero-order valence-corrected chi connectivity index (χ0v) is 15.3. The van der Waals surface area contributed by atoms with Gasteiger partial charge >= 0.3 is 5.63 Å². The van der Waals surface area contributed by atoms with E-state index in [2.05, 4.69) is 16.2 Å². The number of hydrogen-bond donors (Lipinski definition) is 3. The van der Waals surface area contributed by atoms with Crippen molar-refractivity contribution in [3.63, 3.8) is 0 Å². The van der Waals surface area contributed by atoms with Gasteiger partial charge in [-0.3, -0.25) is 15.6 Å². The molecule has 7 nitrogen and oxygen atoms in total. The van der Waals surface area contributed by atoms with Gasteiger partial charge in [0.2, 0.25) is 0 Å². The van der Waals surface area contributed by atoms with Crippen LogP contribution in [0.5, 0.6) is 5.75 Å². The minimum atomic E-state index is -0.432. The Kier molecular flexibility index (Phi) is 5.68. The number of benzene rings is 2. The molecule has 2 aromatic carbocycles. The summed E-state index contributed by atoms with van der Waals surface area (Å²) in [4.78, 5) is 23.3. The molecule has 0 unspecified atom stereocenters. The highest BCUT2D eigenvalue weighted by Gasteiger charge is 2.07. The van der Waals surface area contributed by atoms with Crippen molar-refractivity contribution in [2.75, 3.05) is 11.9 Å². The summed E-state index contributed by atoms with van der Waals surface area (Å²) in [5, 5.41) is 3.98. The molecule has 138 valence electrons. The average Bonchev–Trinajstić information content (AvgIpc) is 2.65. The first kappa shape index (κ1) is 18.4. The van der Waals surface area contributed by atoms with E-state index in [0.29, 0.717) is 11.3 Å². The van der Waals surface area contributed by atoms with Crippen molar-refractivity contribution < 1.29 is 13.9 Å². The summed E-state index contributed by atoms with van der Waals surface area (Å²) >= 11 is 5.09. The minimum Gasteiger partial charge on any atom is -0.484 e. The zero-order valence-electron chi connectivity index (χ0n) is 14.4. The average molecular weight is 383 g/mol. The molecular formula is C19H17N3O4S. The Labute approximate surface area is 160 Å². The second-order valence-corrected chi connectivity index (χ2v) is 6.10. The molecule has 1 aromatic heterocycles. The maximum atomic E-state index is 11.9. The lowest BCUT2D eigenvalue weighted by atomic mass is 10.1. The monoisotopic (exact) mass is 383 g/mol. The van der Waals surface area contributed by atoms with Crippen molar-refractivity contribution in [3.8, 4) is 5.75 Å². The minimum absolute atomic E-state index is 0.234. The number of ether oxygens (including phenoxy) is 1. The van der Waals surface area contributed by atoms with Crippen LogP contribution in [-0.4, -0.2) is 17.6 Å². The molecule has 27 heavy (non-hydrogen) atoms. The second kappa shape index (κ2) is 8.33. The Morgan fingerprint density at radius 3 is 2.67 bits per heavy atom. The van der Waals surface area contributed by atoms with Crippen LogP contribution in [0.3, 0.4) is 0 Å². The van der Waals surface area contributed by atoms with Crippen LogP contribution < -0.4 is 26.5 Å². The summed E-state index contributed by atoms with van der Waals surface area (Å²) in [6.45, 7) is 1.59. The van der Waals surface area contributed by atoms with Crippen LogP contribution in [-0.2, 0) is 4.79 Å². The summed E-state index contributed by atoms with van der Waals surface area (Å²) < 4.78 is 10.6. The van der Waals surface area contributed by atoms with Crippen LogP contribution in [0.2, 0.25) is 0 Å². The number of hydrogen-bond acceptors (Lipinski definition) is 5. The lowest BCUT2D eigenvalue weighted by Crippen LogP contribution is -2.45. The number of nitrogens with one attached hydrogen (secondary N) is 3. The maximum Gasteiger partial charge on any atom is 0.336 e. The highest BCUT2D eigenvalue weighted by Crippen LogP contribution is 2.22. The molecule has 0 fully saturated rings. The fourth-order valence-corrected chi connectivity index (χ4v) is 2.56. The van der Waals surface area contributed by atoms with E-state index in [1.807, 2.05) is 37.3 Å². The van der Waals surface area contributed by atoms with Gasteiger partial charge in [0.25, 0.3) is 5.91 Å². The quantitative estimate of drug-likeness (QED) is 0.362. The molecule has 1 amide bonds. The Hall–Kier alpha value is -3.39. The maximum absolute atomic E-state index is 11.9. The molecule has 0 aliphatic carbocycles. The van der Waals surface area contributed by atoms with Crippen LogP contribution in [0, 0.1) is 6.92 Å². The van der Waals surface area contributed by atoms with Crippen molar-refractivity contribution in [2.24, 2.45) is 0 Å². The molecule has 1 heterocycles. The van der Waals surface area contributed by atoms with E-state index in [1.54, 1.807) is 18.2 Å². The van der Waals surface area contributed by atoms with Crippen molar-refractivity contribution in [1.82, 2.24) is 10.9 Å². The predicted molar refractivity (Wildman–Crippen MR) is 107 cm³/mol. The van der Waals surface area contributed by atoms with Gasteiger partial charge in [-0.2, -0.15) is 0 Å². The number of amides is 1. The summed E-state index contributed by atoms with van der Waals surface area (Å²) in [6.07, 6.45) is 0. The molecule has 3 N–H and O–H groups in total. The van der Waals surface area contributed by atoms with E-state index in [9.17, 15) is 9.59 Å². The summed E-state index contributed by atoms with van der Waals surface area (Å²) in [7, 11) is 0. The number of para-hydroxylation sites is 1. The molecule has 0 saturated heterocycles. The van der Waals surface area contributed by atoms with Gasteiger partial charge in [0.15, 0.2) is 11.7 Å². The Bertz CT molecular complexity index is 1030. The molecule has 0 spiro atoms. The van der Waals surface area contributed by atoms with E-state index in [-0.39, 0.29) is 11.7 Å². The predicted octanol–water partition coefficient (Wildman–Crippen LogP) is 2.50. The molecule has 0 aliphatic heterocycles. The number of anilines is 1. The Balaban J connectivity index is 1.51. The fourth-order valence-electron chi connectivity index (χ4n) is 2.39. The molecule has 3 rings (SSSR count). The molecule has 0 atom stereocenters. The summed E-state index contributed by atoms with van der Waals surface area (Å²) in [5.41, 5.74) is 6.62. The van der Waals surface area contributed by atoms with Crippen molar-refractivity contribution in [2.45, 2.75) is 6.92 Å². The van der Waals surface area contributed by atoms with E-state index in [0.717, 1.165) is 16.6 Å². The molecule has 0 bridgehead atoms. The molecule has 0 aliphatic rings. The third-order valence-electron chi connectivity index (χ3n) is 3.64.